The Kier molecular flexibility index (Phi) is 5.16. The van der Waals surface area contributed by atoms with Crippen LogP contribution in [0.3, 0.4) is 0 Å². The highest BCUT2D eigenvalue weighted by molar-refractivity contribution is 6.08. The van der Waals surface area contributed by atoms with Crippen LogP contribution in [0.5, 0.6) is 5.75 Å². The number of rotatable bonds is 7. The van der Waals surface area contributed by atoms with Crippen molar-refractivity contribution in [2.75, 3.05) is 6.61 Å². The first kappa shape index (κ1) is 19.6. The average molecular weight is 427 g/mol. The highest BCUT2D eigenvalue weighted by Crippen LogP contribution is 2.31. The summed E-state index contributed by atoms with van der Waals surface area (Å²) < 4.78 is 5.97. The Morgan fingerprint density at radius 3 is 2.72 bits per heavy atom. The van der Waals surface area contributed by atoms with Gasteiger partial charge in [0.1, 0.15) is 17.4 Å². The molecule has 4 aromatic rings. The summed E-state index contributed by atoms with van der Waals surface area (Å²) in [5, 5.41) is 27.8. The Morgan fingerprint density at radius 1 is 0.969 bits per heavy atom. The first-order chi connectivity index (χ1) is 15.7. The Labute approximate surface area is 183 Å². The molecule has 5 rings (SSSR count). The number of nitrogens with zero attached hydrogens (tertiary/aromatic N) is 6. The molecule has 1 aliphatic heterocycles. The minimum atomic E-state index is 0.535. The number of nitrogens with one attached hydrogen (secondary N) is 3. The van der Waals surface area contributed by atoms with E-state index in [0.717, 1.165) is 41.1 Å². The molecule has 10 nitrogen and oxygen atoms in total. The standard InChI is InChI=1S/C22H21N9O/c1-3-32-18-12-16(15-6-4-5-14(11-15)7-10-19-25-30-31-26-19)8-9-17(18)21-23-13(2)20-22(24-21)28-29-27-20/h4-6,8-9,11-12H,2-3,7,10H2,1H3,(H,25,26,30,31)(H2,23,24,27,28,29). The molecule has 0 amide bonds. The third-order valence-electron chi connectivity index (χ3n) is 5.15. The van der Waals surface area contributed by atoms with Crippen LogP contribution in [-0.4, -0.2) is 48.5 Å². The van der Waals surface area contributed by atoms with Gasteiger partial charge in [-0.1, -0.05) is 42.1 Å². The number of fused-ring (bicyclic) bond motifs is 1. The first-order valence-corrected chi connectivity index (χ1v) is 10.3. The minimum Gasteiger partial charge on any atom is -0.493 e. The summed E-state index contributed by atoms with van der Waals surface area (Å²) in [5.74, 6) is 2.72. The number of aliphatic imine (C=N–C) groups is 1. The zero-order valence-corrected chi connectivity index (χ0v) is 17.5. The summed E-state index contributed by atoms with van der Waals surface area (Å²) in [4.78, 5) is 4.60. The Morgan fingerprint density at radius 2 is 1.88 bits per heavy atom. The van der Waals surface area contributed by atoms with Gasteiger partial charge in [-0.15, -0.1) is 10.2 Å². The molecule has 32 heavy (non-hydrogen) atoms. The second-order valence-electron chi connectivity index (χ2n) is 7.27. The van der Waals surface area contributed by atoms with E-state index in [9.17, 15) is 0 Å². The average Bonchev–Trinajstić information content (AvgIpc) is 3.50. The molecular formula is C22H21N9O. The molecule has 0 spiro atoms. The van der Waals surface area contributed by atoms with Crippen molar-refractivity contribution in [1.82, 2.24) is 41.4 Å². The van der Waals surface area contributed by atoms with E-state index in [2.05, 4.69) is 83.3 Å². The van der Waals surface area contributed by atoms with E-state index in [1.165, 1.54) is 5.56 Å². The quantitative estimate of drug-likeness (QED) is 0.413. The van der Waals surface area contributed by atoms with Crippen LogP contribution >= 0.6 is 0 Å². The van der Waals surface area contributed by atoms with Crippen LogP contribution in [0, 0.1) is 0 Å². The normalized spacial score (nSPS) is 12.8. The summed E-state index contributed by atoms with van der Waals surface area (Å²) in [6, 6.07) is 14.5. The predicted octanol–water partition coefficient (Wildman–Crippen LogP) is 2.82. The van der Waals surface area contributed by atoms with Crippen LogP contribution in [0.15, 0.2) is 54.0 Å². The summed E-state index contributed by atoms with van der Waals surface area (Å²) >= 11 is 0. The van der Waals surface area contributed by atoms with Crippen molar-refractivity contribution in [2.45, 2.75) is 19.8 Å². The monoisotopic (exact) mass is 427 g/mol. The van der Waals surface area contributed by atoms with Crippen LogP contribution in [0.1, 0.15) is 29.6 Å². The zero-order valence-electron chi connectivity index (χ0n) is 17.5. The zero-order chi connectivity index (χ0) is 21.9. The van der Waals surface area contributed by atoms with Gasteiger partial charge in [0.2, 0.25) is 0 Å². The summed E-state index contributed by atoms with van der Waals surface area (Å²) in [6.45, 7) is 6.51. The van der Waals surface area contributed by atoms with Crippen LogP contribution in [-0.2, 0) is 12.8 Å². The SMILES string of the molecule is C=C1NC(c2ccc(-c3cccc(CCc4nnn[nH]4)c3)cc2OCC)=Nc2[nH]nnc21. The van der Waals surface area contributed by atoms with E-state index in [1.54, 1.807) is 0 Å². The molecule has 1 aliphatic rings. The van der Waals surface area contributed by atoms with E-state index >= 15 is 0 Å². The van der Waals surface area contributed by atoms with Crippen LogP contribution < -0.4 is 10.1 Å². The molecule has 0 atom stereocenters. The molecule has 0 unspecified atom stereocenters. The van der Waals surface area contributed by atoms with Crippen molar-refractivity contribution in [1.29, 1.82) is 0 Å². The lowest BCUT2D eigenvalue weighted by atomic mass is 9.99. The summed E-state index contributed by atoms with van der Waals surface area (Å²) in [7, 11) is 0. The lowest BCUT2D eigenvalue weighted by Gasteiger charge is -2.19. The molecule has 160 valence electrons. The second-order valence-corrected chi connectivity index (χ2v) is 7.27. The highest BCUT2D eigenvalue weighted by Gasteiger charge is 2.22. The number of aromatic nitrogens is 7. The molecule has 0 saturated carbocycles. The number of hydrogen-bond donors (Lipinski definition) is 3. The van der Waals surface area contributed by atoms with Gasteiger partial charge >= 0.3 is 0 Å². The van der Waals surface area contributed by atoms with E-state index in [-0.39, 0.29) is 0 Å². The third kappa shape index (κ3) is 3.85. The first-order valence-electron chi connectivity index (χ1n) is 10.3. The number of hydrogen-bond acceptors (Lipinski definition) is 8. The Balaban J connectivity index is 1.45. The molecule has 2 aromatic heterocycles. The van der Waals surface area contributed by atoms with E-state index in [0.29, 0.717) is 29.7 Å². The fourth-order valence-corrected chi connectivity index (χ4v) is 3.60. The lowest BCUT2D eigenvalue weighted by Crippen LogP contribution is -2.26. The predicted molar refractivity (Wildman–Crippen MR) is 119 cm³/mol. The van der Waals surface area contributed by atoms with Crippen molar-refractivity contribution < 1.29 is 4.74 Å². The van der Waals surface area contributed by atoms with Crippen LogP contribution in [0.25, 0.3) is 16.8 Å². The fraction of sp³-hybridized carbons (Fsp3) is 0.182. The van der Waals surface area contributed by atoms with Gasteiger partial charge in [0.25, 0.3) is 0 Å². The van der Waals surface area contributed by atoms with Gasteiger partial charge < -0.3 is 10.1 Å². The molecule has 3 heterocycles. The number of tetrazole rings is 1. The van der Waals surface area contributed by atoms with Gasteiger partial charge in [0.15, 0.2) is 11.5 Å². The Hall–Kier alpha value is -4.34. The summed E-state index contributed by atoms with van der Waals surface area (Å²) in [6.07, 6.45) is 1.59. The maximum absolute atomic E-state index is 5.97. The van der Waals surface area contributed by atoms with E-state index in [4.69, 9.17) is 4.74 Å². The minimum absolute atomic E-state index is 0.535. The number of ether oxygens (including phenoxy) is 1. The number of aryl methyl sites for hydroxylation is 2. The largest absolute Gasteiger partial charge is 0.493 e. The number of amidine groups is 1. The molecule has 0 saturated heterocycles. The molecule has 0 aliphatic carbocycles. The van der Waals surface area contributed by atoms with Crippen LogP contribution in [0.2, 0.25) is 0 Å². The highest BCUT2D eigenvalue weighted by atomic mass is 16.5. The van der Waals surface area contributed by atoms with Gasteiger partial charge in [-0.3, -0.25) is 0 Å². The van der Waals surface area contributed by atoms with Gasteiger partial charge in [-0.05, 0) is 52.6 Å². The van der Waals surface area contributed by atoms with E-state index in [1.807, 2.05) is 19.1 Å². The molecule has 0 bridgehead atoms. The fourth-order valence-electron chi connectivity index (χ4n) is 3.60. The second kappa shape index (κ2) is 8.42. The van der Waals surface area contributed by atoms with Crippen molar-refractivity contribution >= 4 is 17.4 Å². The van der Waals surface area contributed by atoms with Crippen molar-refractivity contribution in [3.05, 3.63) is 71.7 Å². The van der Waals surface area contributed by atoms with Gasteiger partial charge in [-0.25, -0.2) is 15.2 Å². The maximum Gasteiger partial charge on any atom is 0.180 e. The van der Waals surface area contributed by atoms with Gasteiger partial charge in [-0.2, -0.15) is 0 Å². The third-order valence-corrected chi connectivity index (χ3v) is 5.15. The molecule has 0 radical (unpaired) electrons. The summed E-state index contributed by atoms with van der Waals surface area (Å²) in [5.41, 5.74) is 5.45. The number of benzene rings is 2. The molecule has 10 heteroatoms. The molecule has 3 N–H and O–H groups in total. The topological polar surface area (TPSA) is 130 Å². The molecular weight excluding hydrogens is 406 g/mol. The maximum atomic E-state index is 5.97. The van der Waals surface area contributed by atoms with Crippen molar-refractivity contribution in [3.8, 4) is 16.9 Å². The van der Waals surface area contributed by atoms with Crippen molar-refractivity contribution in [3.63, 3.8) is 0 Å². The van der Waals surface area contributed by atoms with Crippen LogP contribution in [0.4, 0.5) is 5.82 Å². The smallest absolute Gasteiger partial charge is 0.180 e. The number of aromatic amines is 2. The van der Waals surface area contributed by atoms with Gasteiger partial charge in [0, 0.05) is 6.42 Å². The van der Waals surface area contributed by atoms with Crippen molar-refractivity contribution in [2.24, 2.45) is 4.99 Å². The number of H-pyrrole nitrogens is 2. The molecule has 2 aromatic carbocycles. The van der Waals surface area contributed by atoms with E-state index < -0.39 is 0 Å². The lowest BCUT2D eigenvalue weighted by molar-refractivity contribution is 0.339. The Bertz CT molecular complexity index is 1290. The van der Waals surface area contributed by atoms with Gasteiger partial charge in [0.05, 0.1) is 17.9 Å². The molecule has 0 fully saturated rings.